The molecule has 0 amide bonds. The van der Waals surface area contributed by atoms with Crippen LogP contribution in [0.25, 0.3) is 0 Å². The van der Waals surface area contributed by atoms with Gasteiger partial charge in [0.15, 0.2) is 0 Å². The van der Waals surface area contributed by atoms with Gasteiger partial charge in [0.05, 0.1) is 0 Å². The van der Waals surface area contributed by atoms with Gasteiger partial charge in [0.1, 0.15) is 11.8 Å². The van der Waals surface area contributed by atoms with Crippen LogP contribution in [0.4, 0.5) is 0 Å². The highest BCUT2D eigenvalue weighted by Crippen LogP contribution is 2.18. The summed E-state index contributed by atoms with van der Waals surface area (Å²) in [6, 6.07) is 10.3. The molecule has 3 nitrogen and oxygen atoms in total. The molecular formula is C13H13N3S. The zero-order valence-electron chi connectivity index (χ0n) is 9.55. The molecule has 0 saturated heterocycles. The monoisotopic (exact) mass is 243 g/mol. The Balaban J connectivity index is 1.96. The number of nitrogens with one attached hydrogen (secondary N) is 1. The maximum atomic E-state index is 8.76. The second-order valence-electron chi connectivity index (χ2n) is 3.78. The molecule has 0 aliphatic heterocycles. The summed E-state index contributed by atoms with van der Waals surface area (Å²) >= 11 is 1.75. The standard InChI is InChI=1S/C13H13N3S/c1-10(13-3-2-6-17-13)16-9-11-4-5-15-12(7-11)8-14/h2-7,10,16H,9H2,1H3/t10-/m0/s1. The highest BCUT2D eigenvalue weighted by Gasteiger charge is 2.05. The average Bonchev–Trinajstić information content (AvgIpc) is 2.90. The predicted octanol–water partition coefficient (Wildman–Crippen LogP) is 2.87. The molecule has 2 aromatic rings. The molecular weight excluding hydrogens is 230 g/mol. The van der Waals surface area contributed by atoms with Gasteiger partial charge in [0.25, 0.3) is 0 Å². The lowest BCUT2D eigenvalue weighted by molar-refractivity contribution is 0.582. The van der Waals surface area contributed by atoms with Crippen LogP contribution in [-0.4, -0.2) is 4.98 Å². The highest BCUT2D eigenvalue weighted by molar-refractivity contribution is 7.10. The van der Waals surface area contributed by atoms with Crippen LogP contribution in [0.5, 0.6) is 0 Å². The van der Waals surface area contributed by atoms with Crippen molar-refractivity contribution in [2.24, 2.45) is 0 Å². The summed E-state index contributed by atoms with van der Waals surface area (Å²) in [5, 5.41) is 14.3. The molecule has 2 rings (SSSR count). The fourth-order valence-corrected chi connectivity index (χ4v) is 2.31. The summed E-state index contributed by atoms with van der Waals surface area (Å²) in [5.41, 5.74) is 1.55. The smallest absolute Gasteiger partial charge is 0.140 e. The summed E-state index contributed by atoms with van der Waals surface area (Å²) in [6.07, 6.45) is 1.67. The van der Waals surface area contributed by atoms with Crippen LogP contribution in [-0.2, 0) is 6.54 Å². The summed E-state index contributed by atoms with van der Waals surface area (Å²) < 4.78 is 0. The second kappa shape index (κ2) is 5.58. The van der Waals surface area contributed by atoms with E-state index in [9.17, 15) is 0 Å². The van der Waals surface area contributed by atoms with Gasteiger partial charge in [-0.3, -0.25) is 0 Å². The quantitative estimate of drug-likeness (QED) is 0.898. The van der Waals surface area contributed by atoms with Crippen molar-refractivity contribution >= 4 is 11.3 Å². The molecule has 0 bridgehead atoms. The minimum atomic E-state index is 0.328. The minimum Gasteiger partial charge on any atom is -0.305 e. The molecule has 1 atom stereocenters. The van der Waals surface area contributed by atoms with E-state index in [2.05, 4.69) is 34.7 Å². The van der Waals surface area contributed by atoms with Crippen LogP contribution in [0, 0.1) is 11.3 Å². The van der Waals surface area contributed by atoms with Crippen LogP contribution in [0.2, 0.25) is 0 Å². The van der Waals surface area contributed by atoms with Crippen molar-refractivity contribution < 1.29 is 0 Å². The lowest BCUT2D eigenvalue weighted by Crippen LogP contribution is -2.17. The molecule has 0 aliphatic rings. The molecule has 0 aliphatic carbocycles. The van der Waals surface area contributed by atoms with Gasteiger partial charge in [-0.15, -0.1) is 11.3 Å². The van der Waals surface area contributed by atoms with Crippen molar-refractivity contribution in [1.82, 2.24) is 10.3 Å². The summed E-state index contributed by atoms with van der Waals surface area (Å²) in [6.45, 7) is 2.88. The first-order chi connectivity index (χ1) is 8.29. The Hall–Kier alpha value is -1.70. The lowest BCUT2D eigenvalue weighted by atomic mass is 10.2. The Labute approximate surface area is 105 Å². The molecule has 2 aromatic heterocycles. The van der Waals surface area contributed by atoms with Gasteiger partial charge in [0.2, 0.25) is 0 Å². The Kier molecular flexibility index (Phi) is 3.86. The third-order valence-electron chi connectivity index (χ3n) is 2.52. The normalized spacial score (nSPS) is 12.0. The van der Waals surface area contributed by atoms with Crippen LogP contribution in [0.3, 0.4) is 0 Å². The Bertz CT molecular complexity index is 514. The zero-order valence-corrected chi connectivity index (χ0v) is 10.4. The summed E-state index contributed by atoms with van der Waals surface area (Å²) in [7, 11) is 0. The molecule has 0 aromatic carbocycles. The van der Waals surface area contributed by atoms with Crippen molar-refractivity contribution in [2.45, 2.75) is 19.5 Å². The first kappa shape index (κ1) is 11.8. The van der Waals surface area contributed by atoms with Crippen LogP contribution < -0.4 is 5.32 Å². The number of nitrogens with zero attached hydrogens (tertiary/aromatic N) is 2. The summed E-state index contributed by atoms with van der Waals surface area (Å²) in [4.78, 5) is 5.27. The minimum absolute atomic E-state index is 0.328. The molecule has 4 heteroatoms. The number of thiophene rings is 1. The van der Waals surface area contributed by atoms with E-state index in [-0.39, 0.29) is 0 Å². The van der Waals surface area contributed by atoms with Gasteiger partial charge in [-0.05, 0) is 36.1 Å². The maximum Gasteiger partial charge on any atom is 0.140 e. The van der Waals surface area contributed by atoms with Gasteiger partial charge in [-0.1, -0.05) is 6.07 Å². The van der Waals surface area contributed by atoms with Crippen LogP contribution >= 0.6 is 11.3 Å². The third kappa shape index (κ3) is 3.13. The number of rotatable bonds is 4. The third-order valence-corrected chi connectivity index (χ3v) is 3.58. The van der Waals surface area contributed by atoms with E-state index in [0.717, 1.165) is 12.1 Å². The predicted molar refractivity (Wildman–Crippen MR) is 68.5 cm³/mol. The fourth-order valence-electron chi connectivity index (χ4n) is 1.55. The van der Waals surface area contributed by atoms with Crippen LogP contribution in [0.15, 0.2) is 35.8 Å². The Morgan fingerprint density at radius 2 is 2.41 bits per heavy atom. The SMILES string of the molecule is C[C@H](NCc1ccnc(C#N)c1)c1cccs1. The van der Waals surface area contributed by atoms with Gasteiger partial charge >= 0.3 is 0 Å². The van der Waals surface area contributed by atoms with Crippen molar-refractivity contribution in [3.63, 3.8) is 0 Å². The van der Waals surface area contributed by atoms with E-state index < -0.39 is 0 Å². The van der Waals surface area contributed by atoms with Gasteiger partial charge in [0, 0.05) is 23.7 Å². The number of nitriles is 1. The van der Waals surface area contributed by atoms with Gasteiger partial charge in [-0.2, -0.15) is 5.26 Å². The molecule has 17 heavy (non-hydrogen) atoms. The molecule has 0 fully saturated rings. The number of aromatic nitrogens is 1. The Morgan fingerprint density at radius 3 is 3.12 bits per heavy atom. The van der Waals surface area contributed by atoms with E-state index >= 15 is 0 Å². The lowest BCUT2D eigenvalue weighted by Gasteiger charge is -2.11. The number of hydrogen-bond acceptors (Lipinski definition) is 4. The van der Waals surface area contributed by atoms with Gasteiger partial charge in [-0.25, -0.2) is 4.98 Å². The van der Waals surface area contributed by atoms with E-state index in [4.69, 9.17) is 5.26 Å². The van der Waals surface area contributed by atoms with Crippen molar-refractivity contribution in [2.75, 3.05) is 0 Å². The van der Waals surface area contributed by atoms with Gasteiger partial charge < -0.3 is 5.32 Å². The first-order valence-corrected chi connectivity index (χ1v) is 6.29. The highest BCUT2D eigenvalue weighted by atomic mass is 32.1. The maximum absolute atomic E-state index is 8.76. The summed E-state index contributed by atoms with van der Waals surface area (Å²) in [5.74, 6) is 0. The molecule has 0 spiro atoms. The van der Waals surface area contributed by atoms with Crippen LogP contribution in [0.1, 0.15) is 29.1 Å². The zero-order chi connectivity index (χ0) is 12.1. The van der Waals surface area contributed by atoms with E-state index in [1.807, 2.05) is 18.2 Å². The average molecular weight is 243 g/mol. The first-order valence-electron chi connectivity index (χ1n) is 5.41. The largest absolute Gasteiger partial charge is 0.305 e. The topological polar surface area (TPSA) is 48.7 Å². The Morgan fingerprint density at radius 1 is 1.53 bits per heavy atom. The fraction of sp³-hybridized carbons (Fsp3) is 0.231. The van der Waals surface area contributed by atoms with Crippen molar-refractivity contribution in [3.05, 3.63) is 52.0 Å². The second-order valence-corrected chi connectivity index (χ2v) is 4.76. The molecule has 86 valence electrons. The van der Waals surface area contributed by atoms with Crippen molar-refractivity contribution in [1.29, 1.82) is 5.26 Å². The number of hydrogen-bond donors (Lipinski definition) is 1. The molecule has 0 radical (unpaired) electrons. The number of pyridine rings is 1. The van der Waals surface area contributed by atoms with Crippen molar-refractivity contribution in [3.8, 4) is 6.07 Å². The molecule has 1 N–H and O–H groups in total. The van der Waals surface area contributed by atoms with E-state index in [0.29, 0.717) is 11.7 Å². The molecule has 2 heterocycles. The molecule has 0 unspecified atom stereocenters. The van der Waals surface area contributed by atoms with E-state index in [1.54, 1.807) is 17.5 Å². The van der Waals surface area contributed by atoms with E-state index in [1.165, 1.54) is 4.88 Å². The molecule has 0 saturated carbocycles.